The number of aromatic nitrogens is 2. The zero-order chi connectivity index (χ0) is 21.6. The Kier molecular flexibility index (Phi) is 7.50. The standard InChI is InChI=1S/C23H33N5O2S/c1-17(2)22-25-26-23(30-22)31-16-21(29)24-19-10-6-7-11-20(19)28-14-12-27(13-15-28)18-8-4-3-5-9-18/h6-7,10-11,17-18H,3-5,8-9,12-16H2,1-2H3,(H,24,29). The monoisotopic (exact) mass is 443 g/mol. The summed E-state index contributed by atoms with van der Waals surface area (Å²) in [7, 11) is 0. The molecule has 0 radical (unpaired) electrons. The van der Waals surface area contributed by atoms with E-state index in [9.17, 15) is 4.79 Å². The second-order valence-corrected chi connectivity index (χ2v) is 9.66. The highest BCUT2D eigenvalue weighted by atomic mass is 32.2. The number of carbonyl (C=O) groups excluding carboxylic acids is 1. The van der Waals surface area contributed by atoms with Gasteiger partial charge in [0.05, 0.1) is 17.1 Å². The Labute approximate surface area is 189 Å². The minimum atomic E-state index is -0.0670. The molecule has 2 aromatic rings. The lowest BCUT2D eigenvalue weighted by molar-refractivity contribution is -0.113. The molecule has 0 unspecified atom stereocenters. The van der Waals surface area contributed by atoms with Crippen molar-refractivity contribution in [1.29, 1.82) is 0 Å². The molecule has 0 bridgehead atoms. The quantitative estimate of drug-likeness (QED) is 0.637. The highest BCUT2D eigenvalue weighted by Gasteiger charge is 2.26. The lowest BCUT2D eigenvalue weighted by Crippen LogP contribution is -2.51. The molecule has 0 atom stereocenters. The van der Waals surface area contributed by atoms with E-state index in [1.807, 2.05) is 32.0 Å². The second-order valence-electron chi connectivity index (χ2n) is 8.73. The van der Waals surface area contributed by atoms with Crippen LogP contribution in [0.5, 0.6) is 0 Å². The molecule has 1 aliphatic carbocycles. The fourth-order valence-electron chi connectivity index (χ4n) is 4.45. The molecule has 8 heteroatoms. The molecule has 4 rings (SSSR count). The lowest BCUT2D eigenvalue weighted by atomic mass is 9.94. The van der Waals surface area contributed by atoms with Gasteiger partial charge in [-0.15, -0.1) is 10.2 Å². The van der Waals surface area contributed by atoms with Crippen molar-refractivity contribution in [3.8, 4) is 0 Å². The third-order valence-electron chi connectivity index (χ3n) is 6.17. The molecule has 1 saturated heterocycles. The van der Waals surface area contributed by atoms with Gasteiger partial charge in [0.2, 0.25) is 11.8 Å². The number of rotatable bonds is 7. The summed E-state index contributed by atoms with van der Waals surface area (Å²) in [6.45, 7) is 8.19. The number of hydrogen-bond donors (Lipinski definition) is 1. The van der Waals surface area contributed by atoms with Crippen LogP contribution >= 0.6 is 11.8 Å². The van der Waals surface area contributed by atoms with E-state index in [2.05, 4.69) is 31.4 Å². The van der Waals surface area contributed by atoms with Crippen molar-refractivity contribution in [2.45, 2.75) is 63.1 Å². The smallest absolute Gasteiger partial charge is 0.277 e. The highest BCUT2D eigenvalue weighted by molar-refractivity contribution is 7.99. The van der Waals surface area contributed by atoms with Gasteiger partial charge in [0.15, 0.2) is 0 Å². The van der Waals surface area contributed by atoms with E-state index in [4.69, 9.17) is 4.42 Å². The second kappa shape index (κ2) is 10.5. The van der Waals surface area contributed by atoms with Crippen LogP contribution in [0.4, 0.5) is 11.4 Å². The number of para-hydroxylation sites is 2. The van der Waals surface area contributed by atoms with E-state index >= 15 is 0 Å². The molecule has 2 aliphatic rings. The van der Waals surface area contributed by atoms with Crippen LogP contribution in [0.1, 0.15) is 57.8 Å². The number of nitrogens with zero attached hydrogens (tertiary/aromatic N) is 4. The largest absolute Gasteiger partial charge is 0.416 e. The number of carbonyl (C=O) groups is 1. The van der Waals surface area contributed by atoms with Crippen molar-refractivity contribution in [3.63, 3.8) is 0 Å². The first-order valence-corrected chi connectivity index (χ1v) is 12.4. The van der Waals surface area contributed by atoms with Gasteiger partial charge >= 0.3 is 0 Å². The summed E-state index contributed by atoms with van der Waals surface area (Å²) in [5, 5.41) is 11.5. The fraction of sp³-hybridized carbons (Fsp3) is 0.609. The molecule has 2 heterocycles. The van der Waals surface area contributed by atoms with Crippen LogP contribution in [0, 0.1) is 0 Å². The van der Waals surface area contributed by atoms with Crippen molar-refractivity contribution in [2.24, 2.45) is 0 Å². The number of thioether (sulfide) groups is 1. The van der Waals surface area contributed by atoms with Crippen LogP contribution in [0.25, 0.3) is 0 Å². The summed E-state index contributed by atoms with van der Waals surface area (Å²) < 4.78 is 5.57. The van der Waals surface area contributed by atoms with Gasteiger partial charge in [-0.3, -0.25) is 9.69 Å². The van der Waals surface area contributed by atoms with Gasteiger partial charge in [0.1, 0.15) is 0 Å². The number of benzene rings is 1. The lowest BCUT2D eigenvalue weighted by Gasteiger charge is -2.42. The number of amides is 1. The molecule has 1 aromatic heterocycles. The summed E-state index contributed by atoms with van der Waals surface area (Å²) in [5.41, 5.74) is 1.97. The van der Waals surface area contributed by atoms with Crippen molar-refractivity contribution < 1.29 is 9.21 Å². The van der Waals surface area contributed by atoms with E-state index in [-0.39, 0.29) is 17.6 Å². The summed E-state index contributed by atoms with van der Waals surface area (Å²) >= 11 is 1.27. The fourth-order valence-corrected chi connectivity index (χ4v) is 5.02. The Morgan fingerprint density at radius 2 is 1.87 bits per heavy atom. The third kappa shape index (κ3) is 5.80. The Morgan fingerprint density at radius 3 is 2.58 bits per heavy atom. The van der Waals surface area contributed by atoms with Crippen molar-refractivity contribution in [3.05, 3.63) is 30.2 Å². The first-order chi connectivity index (χ1) is 15.1. The number of anilines is 2. The minimum absolute atomic E-state index is 0.0670. The molecule has 1 aliphatic heterocycles. The predicted molar refractivity (Wildman–Crippen MR) is 125 cm³/mol. The minimum Gasteiger partial charge on any atom is -0.416 e. The van der Waals surface area contributed by atoms with Gasteiger partial charge in [-0.1, -0.05) is 57.0 Å². The zero-order valence-corrected chi connectivity index (χ0v) is 19.4. The topological polar surface area (TPSA) is 74.5 Å². The third-order valence-corrected chi connectivity index (χ3v) is 6.99. The molecule has 1 aromatic carbocycles. The molecule has 1 amide bonds. The van der Waals surface area contributed by atoms with Crippen LogP contribution in [-0.4, -0.2) is 59.0 Å². The van der Waals surface area contributed by atoms with Crippen molar-refractivity contribution in [2.75, 3.05) is 42.1 Å². The number of hydrogen-bond acceptors (Lipinski definition) is 7. The molecule has 168 valence electrons. The highest BCUT2D eigenvalue weighted by Crippen LogP contribution is 2.29. The molecule has 2 fully saturated rings. The Bertz CT molecular complexity index is 857. The SMILES string of the molecule is CC(C)c1nnc(SCC(=O)Nc2ccccc2N2CCN(C3CCCCC3)CC2)o1. The maximum Gasteiger partial charge on any atom is 0.277 e. The van der Waals surface area contributed by atoms with Gasteiger partial charge in [0, 0.05) is 38.1 Å². The van der Waals surface area contributed by atoms with Gasteiger partial charge in [-0.05, 0) is 25.0 Å². The van der Waals surface area contributed by atoms with E-state index in [1.165, 1.54) is 43.9 Å². The number of piperazine rings is 1. The molecule has 7 nitrogen and oxygen atoms in total. The average molecular weight is 444 g/mol. The van der Waals surface area contributed by atoms with Crippen molar-refractivity contribution in [1.82, 2.24) is 15.1 Å². The first-order valence-electron chi connectivity index (χ1n) is 11.4. The Hall–Kier alpha value is -2.06. The molecular weight excluding hydrogens is 410 g/mol. The maximum absolute atomic E-state index is 12.6. The Balaban J connectivity index is 1.31. The predicted octanol–water partition coefficient (Wildman–Crippen LogP) is 4.38. The molecule has 1 N–H and O–H groups in total. The number of nitrogens with one attached hydrogen (secondary N) is 1. The van der Waals surface area contributed by atoms with Crippen LogP contribution in [-0.2, 0) is 4.79 Å². The van der Waals surface area contributed by atoms with Crippen molar-refractivity contribution >= 4 is 29.0 Å². The molecule has 1 saturated carbocycles. The van der Waals surface area contributed by atoms with Crippen LogP contribution < -0.4 is 10.2 Å². The molecule has 31 heavy (non-hydrogen) atoms. The summed E-state index contributed by atoms with van der Waals surface area (Å²) in [4.78, 5) is 17.6. The van der Waals surface area contributed by atoms with Gasteiger partial charge < -0.3 is 14.6 Å². The summed E-state index contributed by atoms with van der Waals surface area (Å²) in [5.74, 6) is 0.952. The van der Waals surface area contributed by atoms with Gasteiger partial charge in [0.25, 0.3) is 5.22 Å². The summed E-state index contributed by atoms with van der Waals surface area (Å²) in [6.07, 6.45) is 6.85. The van der Waals surface area contributed by atoms with Crippen LogP contribution in [0.2, 0.25) is 0 Å². The molecular formula is C23H33N5O2S. The Morgan fingerprint density at radius 1 is 1.13 bits per heavy atom. The van der Waals surface area contributed by atoms with Gasteiger partial charge in [-0.25, -0.2) is 0 Å². The zero-order valence-electron chi connectivity index (χ0n) is 18.5. The van der Waals surface area contributed by atoms with Crippen LogP contribution in [0.3, 0.4) is 0 Å². The van der Waals surface area contributed by atoms with E-state index in [0.29, 0.717) is 11.1 Å². The van der Waals surface area contributed by atoms with Crippen LogP contribution in [0.15, 0.2) is 33.9 Å². The summed E-state index contributed by atoms with van der Waals surface area (Å²) in [6, 6.07) is 8.86. The van der Waals surface area contributed by atoms with Gasteiger partial charge in [-0.2, -0.15) is 0 Å². The van der Waals surface area contributed by atoms with E-state index in [0.717, 1.165) is 43.6 Å². The first kappa shape index (κ1) is 22.1. The van der Waals surface area contributed by atoms with E-state index < -0.39 is 0 Å². The maximum atomic E-state index is 12.6. The molecule has 0 spiro atoms. The van der Waals surface area contributed by atoms with E-state index in [1.54, 1.807) is 0 Å². The normalized spacial score (nSPS) is 18.5. The average Bonchev–Trinajstić information content (AvgIpc) is 3.28.